The molecular formula is C28H26F3N3O. The minimum atomic E-state index is -4.59. The molecule has 0 radical (unpaired) electrons. The lowest BCUT2D eigenvalue weighted by atomic mass is 9.87. The molecule has 180 valence electrons. The Hall–Kier alpha value is -3.87. The van der Waals surface area contributed by atoms with Gasteiger partial charge in [-0.2, -0.15) is 13.2 Å². The number of aromatic nitrogens is 2. The Kier molecular flexibility index (Phi) is 6.28. The van der Waals surface area contributed by atoms with Crippen LogP contribution in [0.25, 0.3) is 34.3 Å². The van der Waals surface area contributed by atoms with Gasteiger partial charge in [-0.25, -0.2) is 4.98 Å². The minimum absolute atomic E-state index is 0.0471. The summed E-state index contributed by atoms with van der Waals surface area (Å²) in [6, 6.07) is 17.0. The number of nitrogens with one attached hydrogen (secondary N) is 2. The number of H-pyrrole nitrogens is 1. The fraction of sp³-hybridized carbons (Fsp3) is 0.214. The molecule has 3 aromatic carbocycles. The molecule has 0 atom stereocenters. The number of imidazole rings is 1. The molecule has 1 amide bonds. The van der Waals surface area contributed by atoms with Gasteiger partial charge in [0.2, 0.25) is 5.91 Å². The van der Waals surface area contributed by atoms with Crippen LogP contribution in [-0.4, -0.2) is 15.9 Å². The number of hydrogen-bond donors (Lipinski definition) is 2. The number of anilines is 1. The van der Waals surface area contributed by atoms with Gasteiger partial charge in [0.25, 0.3) is 0 Å². The maximum absolute atomic E-state index is 14.0. The zero-order chi connectivity index (χ0) is 25.4. The SMILES string of the molecule is CC(=O)Nc1ccccc1-c1cc2nc(C=Cc3ccc(C(C)(C)C)cc3)[nH]c2cc1C(F)(F)F. The normalized spacial score (nSPS) is 12.4. The molecule has 35 heavy (non-hydrogen) atoms. The molecule has 0 unspecified atom stereocenters. The number of carbonyl (C=O) groups is 1. The molecule has 0 aliphatic heterocycles. The second-order valence-electron chi connectivity index (χ2n) is 9.47. The van der Waals surface area contributed by atoms with Gasteiger partial charge in [-0.1, -0.05) is 69.3 Å². The van der Waals surface area contributed by atoms with Crippen molar-refractivity contribution in [3.63, 3.8) is 0 Å². The van der Waals surface area contributed by atoms with Gasteiger partial charge in [0.15, 0.2) is 0 Å². The molecule has 0 bridgehead atoms. The Labute approximate surface area is 201 Å². The largest absolute Gasteiger partial charge is 0.417 e. The number of rotatable bonds is 4. The first-order valence-corrected chi connectivity index (χ1v) is 11.2. The summed E-state index contributed by atoms with van der Waals surface area (Å²) in [7, 11) is 0. The number of halogens is 3. The predicted octanol–water partition coefficient (Wildman–Crippen LogP) is 7.68. The maximum Gasteiger partial charge on any atom is 0.417 e. The number of para-hydroxylation sites is 1. The van der Waals surface area contributed by atoms with E-state index in [1.165, 1.54) is 18.6 Å². The maximum atomic E-state index is 14.0. The number of carbonyl (C=O) groups excluding carboxylic acids is 1. The van der Waals surface area contributed by atoms with Crippen molar-refractivity contribution in [3.05, 3.63) is 83.2 Å². The number of aromatic amines is 1. The molecule has 0 saturated heterocycles. The summed E-state index contributed by atoms with van der Waals surface area (Å²) < 4.78 is 42.0. The van der Waals surface area contributed by atoms with Gasteiger partial charge in [0, 0.05) is 18.2 Å². The molecule has 7 heteroatoms. The van der Waals surface area contributed by atoms with Crippen molar-refractivity contribution >= 4 is 34.8 Å². The summed E-state index contributed by atoms with van der Waals surface area (Å²) >= 11 is 0. The van der Waals surface area contributed by atoms with Gasteiger partial charge in [0.1, 0.15) is 5.82 Å². The summed E-state index contributed by atoms with van der Waals surface area (Å²) in [6.07, 6.45) is -0.991. The molecule has 0 spiro atoms. The van der Waals surface area contributed by atoms with Crippen LogP contribution in [0.15, 0.2) is 60.7 Å². The van der Waals surface area contributed by atoms with Gasteiger partial charge in [-0.3, -0.25) is 4.79 Å². The van der Waals surface area contributed by atoms with Gasteiger partial charge in [0.05, 0.1) is 16.6 Å². The Balaban J connectivity index is 1.75. The van der Waals surface area contributed by atoms with E-state index in [1.54, 1.807) is 30.3 Å². The number of nitrogens with zero attached hydrogens (tertiary/aromatic N) is 1. The molecule has 0 aliphatic rings. The van der Waals surface area contributed by atoms with Crippen LogP contribution in [-0.2, 0) is 16.4 Å². The first-order valence-electron chi connectivity index (χ1n) is 11.2. The Morgan fingerprint density at radius 2 is 1.63 bits per heavy atom. The van der Waals surface area contributed by atoms with E-state index in [4.69, 9.17) is 0 Å². The number of benzene rings is 3. The third-order valence-corrected chi connectivity index (χ3v) is 5.68. The molecule has 0 aliphatic carbocycles. The van der Waals surface area contributed by atoms with Crippen LogP contribution >= 0.6 is 0 Å². The van der Waals surface area contributed by atoms with E-state index in [2.05, 4.69) is 48.2 Å². The number of alkyl halides is 3. The average molecular weight is 478 g/mol. The van der Waals surface area contributed by atoms with Crippen LogP contribution in [0.4, 0.5) is 18.9 Å². The van der Waals surface area contributed by atoms with Gasteiger partial charge >= 0.3 is 6.18 Å². The lowest BCUT2D eigenvalue weighted by Gasteiger charge is -2.18. The van der Waals surface area contributed by atoms with Crippen molar-refractivity contribution in [2.45, 2.75) is 39.3 Å². The van der Waals surface area contributed by atoms with E-state index in [0.29, 0.717) is 17.0 Å². The van der Waals surface area contributed by atoms with E-state index in [9.17, 15) is 18.0 Å². The van der Waals surface area contributed by atoms with Crippen molar-refractivity contribution in [1.29, 1.82) is 0 Å². The van der Waals surface area contributed by atoms with Crippen LogP contribution in [0, 0.1) is 0 Å². The molecule has 4 aromatic rings. The summed E-state index contributed by atoms with van der Waals surface area (Å²) in [6.45, 7) is 7.74. The summed E-state index contributed by atoms with van der Waals surface area (Å²) in [5.74, 6) is 0.0788. The summed E-state index contributed by atoms with van der Waals surface area (Å²) in [5, 5.41) is 2.61. The lowest BCUT2D eigenvalue weighted by Crippen LogP contribution is -2.10. The lowest BCUT2D eigenvalue weighted by molar-refractivity contribution is -0.137. The van der Waals surface area contributed by atoms with Gasteiger partial charge < -0.3 is 10.3 Å². The van der Waals surface area contributed by atoms with E-state index in [0.717, 1.165) is 11.6 Å². The van der Waals surface area contributed by atoms with Crippen molar-refractivity contribution in [2.75, 3.05) is 5.32 Å². The van der Waals surface area contributed by atoms with Crippen LogP contribution in [0.3, 0.4) is 0 Å². The van der Waals surface area contributed by atoms with Gasteiger partial charge in [-0.15, -0.1) is 0 Å². The van der Waals surface area contributed by atoms with Crippen molar-refractivity contribution in [3.8, 4) is 11.1 Å². The number of amides is 1. The second-order valence-corrected chi connectivity index (χ2v) is 9.47. The van der Waals surface area contributed by atoms with Crippen molar-refractivity contribution in [2.24, 2.45) is 0 Å². The predicted molar refractivity (Wildman–Crippen MR) is 135 cm³/mol. The molecular weight excluding hydrogens is 451 g/mol. The third-order valence-electron chi connectivity index (χ3n) is 5.68. The zero-order valence-corrected chi connectivity index (χ0v) is 19.9. The van der Waals surface area contributed by atoms with Crippen LogP contribution in [0.1, 0.15) is 50.2 Å². The first-order chi connectivity index (χ1) is 16.4. The zero-order valence-electron chi connectivity index (χ0n) is 19.9. The van der Waals surface area contributed by atoms with Crippen molar-refractivity contribution in [1.82, 2.24) is 9.97 Å². The monoisotopic (exact) mass is 477 g/mol. The summed E-state index contributed by atoms with van der Waals surface area (Å²) in [5.41, 5.74) is 2.62. The molecule has 0 saturated carbocycles. The van der Waals surface area contributed by atoms with E-state index >= 15 is 0 Å². The average Bonchev–Trinajstić information content (AvgIpc) is 3.18. The topological polar surface area (TPSA) is 57.8 Å². The highest BCUT2D eigenvalue weighted by Gasteiger charge is 2.35. The number of fused-ring (bicyclic) bond motifs is 1. The fourth-order valence-corrected chi connectivity index (χ4v) is 3.90. The second kappa shape index (κ2) is 9.06. The van der Waals surface area contributed by atoms with E-state index in [1.807, 2.05) is 18.2 Å². The van der Waals surface area contributed by atoms with Crippen LogP contribution < -0.4 is 5.32 Å². The van der Waals surface area contributed by atoms with E-state index in [-0.39, 0.29) is 28.0 Å². The fourth-order valence-electron chi connectivity index (χ4n) is 3.90. The minimum Gasteiger partial charge on any atom is -0.338 e. The molecule has 1 heterocycles. The summed E-state index contributed by atoms with van der Waals surface area (Å²) in [4.78, 5) is 19.1. The highest BCUT2D eigenvalue weighted by Crippen LogP contribution is 2.41. The highest BCUT2D eigenvalue weighted by atomic mass is 19.4. The molecule has 2 N–H and O–H groups in total. The molecule has 0 fully saturated rings. The molecule has 4 nitrogen and oxygen atoms in total. The number of hydrogen-bond acceptors (Lipinski definition) is 2. The quantitative estimate of drug-likeness (QED) is 0.317. The Morgan fingerprint density at radius 1 is 0.943 bits per heavy atom. The van der Waals surface area contributed by atoms with Gasteiger partial charge in [-0.05, 0) is 46.4 Å². The van der Waals surface area contributed by atoms with Crippen molar-refractivity contribution < 1.29 is 18.0 Å². The van der Waals surface area contributed by atoms with E-state index < -0.39 is 11.7 Å². The standard InChI is InChI=1S/C28H26F3N3O/c1-17(35)32-23-8-6-5-7-20(23)21-15-24-25(16-22(21)28(29,30)31)34-26(33-24)14-11-18-9-12-19(13-10-18)27(2,3)4/h5-16H,1-4H3,(H,32,35)(H,33,34). The smallest absolute Gasteiger partial charge is 0.338 e. The Morgan fingerprint density at radius 3 is 2.26 bits per heavy atom. The first kappa shape index (κ1) is 24.3. The Bertz CT molecular complexity index is 1410. The molecule has 4 rings (SSSR count). The highest BCUT2D eigenvalue weighted by molar-refractivity contribution is 5.96. The molecule has 1 aromatic heterocycles. The van der Waals surface area contributed by atoms with Crippen LogP contribution in [0.5, 0.6) is 0 Å². The third kappa shape index (κ3) is 5.45. The van der Waals surface area contributed by atoms with Crippen LogP contribution in [0.2, 0.25) is 0 Å².